The number of hydrogen-bond acceptors (Lipinski definition) is 7. The van der Waals surface area contributed by atoms with Crippen molar-refractivity contribution in [3.63, 3.8) is 0 Å². The maximum absolute atomic E-state index is 10.7. The third-order valence-corrected chi connectivity index (χ3v) is 2.50. The number of nitro groups is 1. The van der Waals surface area contributed by atoms with E-state index in [0.717, 1.165) is 0 Å². The quantitative estimate of drug-likeness (QED) is 0.537. The van der Waals surface area contributed by atoms with Crippen LogP contribution in [0.4, 0.5) is 11.6 Å². The molecule has 96 valence electrons. The average molecular weight is 260 g/mol. The number of fused-ring (bicyclic) bond motifs is 1. The summed E-state index contributed by atoms with van der Waals surface area (Å²) >= 11 is 0. The van der Waals surface area contributed by atoms with Gasteiger partial charge in [0.2, 0.25) is 12.3 Å². The molecule has 2 N–H and O–H groups in total. The summed E-state index contributed by atoms with van der Waals surface area (Å²) in [7, 11) is 0. The molecule has 0 amide bonds. The summed E-state index contributed by atoms with van der Waals surface area (Å²) in [5, 5.41) is 17.3. The maximum atomic E-state index is 10.7. The van der Waals surface area contributed by atoms with Crippen LogP contribution in [0.2, 0.25) is 0 Å². The predicted molar refractivity (Wildman–Crippen MR) is 64.4 cm³/mol. The largest absolute Gasteiger partial charge is 0.348 e. The van der Waals surface area contributed by atoms with Gasteiger partial charge in [-0.2, -0.15) is 4.98 Å². The van der Waals surface area contributed by atoms with Gasteiger partial charge in [-0.15, -0.1) is 0 Å². The molecule has 0 spiro atoms. The lowest BCUT2D eigenvalue weighted by molar-refractivity contribution is -0.384. The minimum Gasteiger partial charge on any atom is -0.348 e. The molecule has 3 aromatic rings. The second-order valence-corrected chi connectivity index (χ2v) is 3.74. The van der Waals surface area contributed by atoms with E-state index in [1.165, 1.54) is 18.5 Å². The lowest BCUT2D eigenvalue weighted by atomic mass is 10.3. The summed E-state index contributed by atoms with van der Waals surface area (Å²) in [6, 6.07) is 4.43. The molecule has 0 unspecified atom stereocenters. The number of hydrogen-bond donors (Lipinski definition) is 2. The highest BCUT2D eigenvalue weighted by Gasteiger charge is 2.09. The number of aromatic amines is 1. The predicted octanol–water partition coefficient (Wildman–Crippen LogP) is 1.47. The van der Waals surface area contributed by atoms with Gasteiger partial charge < -0.3 is 14.8 Å². The van der Waals surface area contributed by atoms with Crippen LogP contribution in [-0.2, 0) is 6.54 Å². The van der Waals surface area contributed by atoms with Crippen molar-refractivity contribution in [2.75, 3.05) is 5.32 Å². The number of benzene rings is 1. The van der Waals surface area contributed by atoms with Crippen LogP contribution in [0.1, 0.15) is 5.82 Å². The lowest BCUT2D eigenvalue weighted by Gasteiger charge is -1.96. The molecule has 0 aliphatic heterocycles. The van der Waals surface area contributed by atoms with E-state index in [1.807, 2.05) is 0 Å². The standard InChI is InChI=1S/C10H8N6O3/c17-16(18)6-1-2-7-8(3-6)14-10(13-7)11-4-9-12-5-19-15-9/h1-3,5H,4H2,(H2,11,13,14). The highest BCUT2D eigenvalue weighted by atomic mass is 16.6. The van der Waals surface area contributed by atoms with E-state index in [9.17, 15) is 10.1 Å². The molecule has 0 bridgehead atoms. The Labute approximate surface area is 105 Å². The molecule has 0 saturated heterocycles. The zero-order valence-electron chi connectivity index (χ0n) is 9.53. The van der Waals surface area contributed by atoms with Crippen molar-refractivity contribution < 1.29 is 9.45 Å². The molecule has 1 aromatic carbocycles. The number of nitrogens with one attached hydrogen (secondary N) is 2. The Balaban J connectivity index is 1.83. The molecule has 2 heterocycles. The lowest BCUT2D eigenvalue weighted by Crippen LogP contribution is -2.02. The third kappa shape index (κ3) is 2.20. The van der Waals surface area contributed by atoms with Gasteiger partial charge in [-0.25, -0.2) is 4.98 Å². The van der Waals surface area contributed by atoms with E-state index in [0.29, 0.717) is 29.4 Å². The fourth-order valence-corrected chi connectivity index (χ4v) is 1.63. The smallest absolute Gasteiger partial charge is 0.271 e. The van der Waals surface area contributed by atoms with Crippen LogP contribution < -0.4 is 5.32 Å². The van der Waals surface area contributed by atoms with Crippen molar-refractivity contribution in [2.24, 2.45) is 0 Å². The summed E-state index contributed by atoms with van der Waals surface area (Å²) in [6.07, 6.45) is 1.24. The molecule has 2 aromatic heterocycles. The average Bonchev–Trinajstić information content (AvgIpc) is 3.04. The van der Waals surface area contributed by atoms with E-state index < -0.39 is 4.92 Å². The van der Waals surface area contributed by atoms with Gasteiger partial charge >= 0.3 is 0 Å². The van der Waals surface area contributed by atoms with Crippen molar-refractivity contribution in [2.45, 2.75) is 6.54 Å². The first-order chi connectivity index (χ1) is 9.22. The van der Waals surface area contributed by atoms with Gasteiger partial charge in [0, 0.05) is 12.1 Å². The monoisotopic (exact) mass is 260 g/mol. The molecule has 0 saturated carbocycles. The molecule has 0 radical (unpaired) electrons. The van der Waals surface area contributed by atoms with Gasteiger partial charge in [0.05, 0.1) is 22.5 Å². The molecular weight excluding hydrogens is 252 g/mol. The van der Waals surface area contributed by atoms with E-state index in [4.69, 9.17) is 0 Å². The summed E-state index contributed by atoms with van der Waals surface area (Å²) < 4.78 is 4.60. The molecule has 3 rings (SSSR count). The number of anilines is 1. The van der Waals surface area contributed by atoms with Gasteiger partial charge in [0.25, 0.3) is 5.69 Å². The highest BCUT2D eigenvalue weighted by molar-refractivity contribution is 5.79. The van der Waals surface area contributed by atoms with Gasteiger partial charge in [0.1, 0.15) is 0 Å². The number of nitro benzene ring substituents is 1. The Hall–Kier alpha value is -2.97. The normalized spacial score (nSPS) is 10.7. The number of aromatic nitrogens is 4. The van der Waals surface area contributed by atoms with Crippen LogP contribution in [-0.4, -0.2) is 25.0 Å². The zero-order chi connectivity index (χ0) is 13.2. The van der Waals surface area contributed by atoms with Gasteiger partial charge in [-0.1, -0.05) is 5.16 Å². The van der Waals surface area contributed by atoms with Crippen molar-refractivity contribution in [3.8, 4) is 0 Å². The van der Waals surface area contributed by atoms with E-state index in [2.05, 4.69) is 29.9 Å². The second kappa shape index (κ2) is 4.37. The van der Waals surface area contributed by atoms with Crippen LogP contribution in [0.25, 0.3) is 11.0 Å². The number of H-pyrrole nitrogens is 1. The summed E-state index contributed by atoms with van der Waals surface area (Å²) in [5.74, 6) is 0.978. The first-order valence-electron chi connectivity index (χ1n) is 5.35. The van der Waals surface area contributed by atoms with Crippen molar-refractivity contribution in [1.29, 1.82) is 0 Å². The minimum atomic E-state index is -0.452. The molecule has 0 fully saturated rings. The number of rotatable bonds is 4. The Kier molecular flexibility index (Phi) is 2.56. The van der Waals surface area contributed by atoms with Crippen molar-refractivity contribution in [1.82, 2.24) is 20.1 Å². The maximum Gasteiger partial charge on any atom is 0.271 e. The van der Waals surface area contributed by atoms with E-state index >= 15 is 0 Å². The fraction of sp³-hybridized carbons (Fsp3) is 0.100. The third-order valence-electron chi connectivity index (χ3n) is 2.50. The number of nitrogens with zero attached hydrogens (tertiary/aromatic N) is 4. The molecule has 19 heavy (non-hydrogen) atoms. The number of non-ortho nitro benzene ring substituents is 1. The van der Waals surface area contributed by atoms with Crippen LogP contribution in [0.15, 0.2) is 29.1 Å². The van der Waals surface area contributed by atoms with E-state index in [-0.39, 0.29) is 5.69 Å². The molecule has 9 nitrogen and oxygen atoms in total. The Morgan fingerprint density at radius 1 is 1.47 bits per heavy atom. The topological polar surface area (TPSA) is 123 Å². The van der Waals surface area contributed by atoms with Crippen LogP contribution in [0, 0.1) is 10.1 Å². The Bertz CT molecular complexity index is 720. The summed E-state index contributed by atoms with van der Waals surface area (Å²) in [4.78, 5) is 21.2. The second-order valence-electron chi connectivity index (χ2n) is 3.74. The first-order valence-corrected chi connectivity index (χ1v) is 5.35. The van der Waals surface area contributed by atoms with E-state index in [1.54, 1.807) is 6.07 Å². The van der Waals surface area contributed by atoms with Crippen molar-refractivity contribution in [3.05, 3.63) is 40.5 Å². The van der Waals surface area contributed by atoms with Crippen LogP contribution in [0.3, 0.4) is 0 Å². The minimum absolute atomic E-state index is 0.0147. The van der Waals surface area contributed by atoms with Gasteiger partial charge in [0.15, 0.2) is 5.82 Å². The molecule has 0 aliphatic carbocycles. The zero-order valence-corrected chi connectivity index (χ0v) is 9.53. The van der Waals surface area contributed by atoms with Gasteiger partial charge in [-0.05, 0) is 6.07 Å². The van der Waals surface area contributed by atoms with Crippen LogP contribution >= 0.6 is 0 Å². The summed E-state index contributed by atoms with van der Waals surface area (Å²) in [5.41, 5.74) is 1.24. The molecule has 0 atom stereocenters. The molecular formula is C10H8N6O3. The first kappa shape index (κ1) is 11.1. The Morgan fingerprint density at radius 3 is 3.11 bits per heavy atom. The molecule has 9 heteroatoms. The van der Waals surface area contributed by atoms with Crippen LogP contribution in [0.5, 0.6) is 0 Å². The SMILES string of the molecule is O=[N+]([O-])c1ccc2nc(NCc3ncon3)[nH]c2c1. The number of imidazole rings is 1. The van der Waals surface area contributed by atoms with Gasteiger partial charge in [-0.3, -0.25) is 10.1 Å². The summed E-state index contributed by atoms with van der Waals surface area (Å²) in [6.45, 7) is 0.346. The Morgan fingerprint density at radius 2 is 2.37 bits per heavy atom. The van der Waals surface area contributed by atoms with Crippen molar-refractivity contribution >= 4 is 22.7 Å². The highest BCUT2D eigenvalue weighted by Crippen LogP contribution is 2.20. The molecule has 0 aliphatic rings. The fourth-order valence-electron chi connectivity index (χ4n) is 1.63.